The zero-order chi connectivity index (χ0) is 14.8. The molecule has 0 aliphatic rings. The molecule has 2 aromatic rings. The van der Waals surface area contributed by atoms with Gasteiger partial charge in [-0.3, -0.25) is 0 Å². The molecule has 0 atom stereocenters. The fourth-order valence-corrected chi connectivity index (χ4v) is 2.53. The molecule has 8 heteroatoms. The lowest BCUT2D eigenvalue weighted by Gasteiger charge is -2.09. The Morgan fingerprint density at radius 3 is 2.80 bits per heavy atom. The number of hydrogen-bond acceptors (Lipinski definition) is 4. The molecule has 108 valence electrons. The standard InChI is InChI=1S/C12H14ClN3O3S/c1-2-16-6-5-15-12(16)8-19-11-4-3-9(7-10(11)13)20(14,17)18/h3-7H,2,8H2,1H3,(H2,14,17,18). The van der Waals surface area contributed by atoms with Gasteiger partial charge in [0.05, 0.1) is 9.92 Å². The molecule has 1 aromatic carbocycles. The molecule has 0 aliphatic heterocycles. The summed E-state index contributed by atoms with van der Waals surface area (Å²) in [5, 5.41) is 5.21. The topological polar surface area (TPSA) is 87.2 Å². The Kier molecular flexibility index (Phi) is 4.32. The SMILES string of the molecule is CCn1ccnc1COc1ccc(S(N)(=O)=O)cc1Cl. The number of ether oxygens (including phenoxy) is 1. The first-order valence-corrected chi connectivity index (χ1v) is 7.79. The summed E-state index contributed by atoms with van der Waals surface area (Å²) < 4.78 is 29.9. The number of nitrogens with zero attached hydrogens (tertiary/aromatic N) is 2. The number of halogens is 1. The zero-order valence-corrected chi connectivity index (χ0v) is 12.4. The number of aromatic nitrogens is 2. The van der Waals surface area contributed by atoms with Gasteiger partial charge in [0.15, 0.2) is 0 Å². The number of imidazole rings is 1. The van der Waals surface area contributed by atoms with E-state index >= 15 is 0 Å². The molecule has 0 bridgehead atoms. The normalized spacial score (nSPS) is 11.6. The highest BCUT2D eigenvalue weighted by Gasteiger charge is 2.12. The third-order valence-electron chi connectivity index (χ3n) is 2.73. The maximum atomic E-state index is 11.2. The van der Waals surface area contributed by atoms with Crippen LogP contribution in [0.1, 0.15) is 12.7 Å². The number of aryl methyl sites for hydroxylation is 1. The molecule has 20 heavy (non-hydrogen) atoms. The molecule has 2 rings (SSSR count). The van der Waals surface area contributed by atoms with Crippen molar-refractivity contribution in [3.63, 3.8) is 0 Å². The van der Waals surface area contributed by atoms with E-state index in [4.69, 9.17) is 21.5 Å². The van der Waals surface area contributed by atoms with Crippen LogP contribution in [0.5, 0.6) is 5.75 Å². The first kappa shape index (κ1) is 14.8. The van der Waals surface area contributed by atoms with Crippen molar-refractivity contribution in [2.24, 2.45) is 5.14 Å². The molecule has 0 amide bonds. The number of sulfonamides is 1. The Labute approximate surface area is 122 Å². The second-order valence-corrected chi connectivity index (χ2v) is 6.02. The van der Waals surface area contributed by atoms with Gasteiger partial charge in [-0.1, -0.05) is 11.6 Å². The predicted octanol–water partition coefficient (Wildman–Crippen LogP) is 1.78. The Balaban J connectivity index is 2.15. The molecule has 0 aliphatic carbocycles. The average Bonchev–Trinajstić information content (AvgIpc) is 2.83. The summed E-state index contributed by atoms with van der Waals surface area (Å²) in [7, 11) is -3.77. The number of nitrogens with two attached hydrogens (primary N) is 1. The predicted molar refractivity (Wildman–Crippen MR) is 75.1 cm³/mol. The Bertz CT molecular complexity index is 712. The van der Waals surface area contributed by atoms with Crippen LogP contribution in [0.2, 0.25) is 5.02 Å². The molecule has 0 fully saturated rings. The minimum Gasteiger partial charge on any atom is -0.484 e. The van der Waals surface area contributed by atoms with Gasteiger partial charge in [-0.2, -0.15) is 0 Å². The van der Waals surface area contributed by atoms with Crippen molar-refractivity contribution in [2.75, 3.05) is 0 Å². The summed E-state index contributed by atoms with van der Waals surface area (Å²) in [6.45, 7) is 3.03. The highest BCUT2D eigenvalue weighted by Crippen LogP contribution is 2.27. The van der Waals surface area contributed by atoms with Crippen LogP contribution in [-0.2, 0) is 23.2 Å². The van der Waals surface area contributed by atoms with Crippen molar-refractivity contribution >= 4 is 21.6 Å². The van der Waals surface area contributed by atoms with Gasteiger partial charge >= 0.3 is 0 Å². The van der Waals surface area contributed by atoms with E-state index < -0.39 is 10.0 Å². The molecule has 0 unspecified atom stereocenters. The molecule has 2 N–H and O–H groups in total. The van der Waals surface area contributed by atoms with Gasteiger partial charge in [-0.15, -0.1) is 0 Å². The molecule has 6 nitrogen and oxygen atoms in total. The molecule has 1 heterocycles. The Morgan fingerprint density at radius 2 is 2.20 bits per heavy atom. The lowest BCUT2D eigenvalue weighted by molar-refractivity contribution is 0.290. The van der Waals surface area contributed by atoms with Crippen LogP contribution in [0.25, 0.3) is 0 Å². The summed E-state index contributed by atoms with van der Waals surface area (Å²) >= 11 is 5.98. The summed E-state index contributed by atoms with van der Waals surface area (Å²) in [4.78, 5) is 4.12. The maximum absolute atomic E-state index is 11.2. The number of benzene rings is 1. The van der Waals surface area contributed by atoms with Crippen LogP contribution in [0.4, 0.5) is 0 Å². The quantitative estimate of drug-likeness (QED) is 0.911. The van der Waals surface area contributed by atoms with Gasteiger partial charge in [0.1, 0.15) is 18.2 Å². The van der Waals surface area contributed by atoms with Gasteiger partial charge in [0.25, 0.3) is 0 Å². The highest BCUT2D eigenvalue weighted by molar-refractivity contribution is 7.89. The van der Waals surface area contributed by atoms with Crippen molar-refractivity contribution in [1.82, 2.24) is 9.55 Å². The van der Waals surface area contributed by atoms with Crippen molar-refractivity contribution in [2.45, 2.75) is 25.0 Å². The van der Waals surface area contributed by atoms with Gasteiger partial charge < -0.3 is 9.30 Å². The van der Waals surface area contributed by atoms with Crippen molar-refractivity contribution in [1.29, 1.82) is 0 Å². The first-order chi connectivity index (χ1) is 9.41. The summed E-state index contributed by atoms with van der Waals surface area (Å²) in [6, 6.07) is 4.09. The summed E-state index contributed by atoms with van der Waals surface area (Å²) in [6.07, 6.45) is 3.54. The third kappa shape index (κ3) is 3.30. The van der Waals surface area contributed by atoms with Crippen LogP contribution in [0, 0.1) is 0 Å². The lowest BCUT2D eigenvalue weighted by atomic mass is 10.3. The van der Waals surface area contributed by atoms with Crippen LogP contribution in [0.15, 0.2) is 35.5 Å². The molecule has 0 spiro atoms. The minimum atomic E-state index is -3.77. The van der Waals surface area contributed by atoms with E-state index in [0.29, 0.717) is 5.75 Å². The van der Waals surface area contributed by atoms with E-state index in [-0.39, 0.29) is 16.5 Å². The van der Waals surface area contributed by atoms with E-state index in [1.54, 1.807) is 6.20 Å². The van der Waals surface area contributed by atoms with E-state index in [9.17, 15) is 8.42 Å². The lowest BCUT2D eigenvalue weighted by Crippen LogP contribution is -2.12. The van der Waals surface area contributed by atoms with Gasteiger partial charge in [-0.25, -0.2) is 18.5 Å². The minimum absolute atomic E-state index is 0.0510. The van der Waals surface area contributed by atoms with Gasteiger partial charge in [0, 0.05) is 18.9 Å². The van der Waals surface area contributed by atoms with Crippen LogP contribution < -0.4 is 9.88 Å². The van der Waals surface area contributed by atoms with Crippen LogP contribution in [-0.4, -0.2) is 18.0 Å². The Hall–Kier alpha value is -1.57. The molecule has 0 saturated carbocycles. The Morgan fingerprint density at radius 1 is 1.45 bits per heavy atom. The van der Waals surface area contributed by atoms with E-state index in [2.05, 4.69) is 4.98 Å². The second kappa shape index (κ2) is 5.82. The van der Waals surface area contributed by atoms with Gasteiger partial charge in [0.2, 0.25) is 10.0 Å². The van der Waals surface area contributed by atoms with E-state index in [1.165, 1.54) is 18.2 Å². The number of rotatable bonds is 5. The number of hydrogen-bond donors (Lipinski definition) is 1. The maximum Gasteiger partial charge on any atom is 0.238 e. The van der Waals surface area contributed by atoms with Crippen molar-refractivity contribution < 1.29 is 13.2 Å². The molecular weight excluding hydrogens is 302 g/mol. The summed E-state index contributed by atoms with van der Waals surface area (Å²) in [5.41, 5.74) is 0. The number of primary sulfonamides is 1. The molecule has 1 aromatic heterocycles. The van der Waals surface area contributed by atoms with E-state index in [0.717, 1.165) is 12.4 Å². The average molecular weight is 316 g/mol. The fourth-order valence-electron chi connectivity index (χ4n) is 1.69. The zero-order valence-electron chi connectivity index (χ0n) is 10.8. The monoisotopic (exact) mass is 315 g/mol. The first-order valence-electron chi connectivity index (χ1n) is 5.87. The fraction of sp³-hybridized carbons (Fsp3) is 0.250. The second-order valence-electron chi connectivity index (χ2n) is 4.06. The van der Waals surface area contributed by atoms with Crippen LogP contribution >= 0.6 is 11.6 Å². The van der Waals surface area contributed by atoms with Gasteiger partial charge in [-0.05, 0) is 25.1 Å². The van der Waals surface area contributed by atoms with Crippen molar-refractivity contribution in [3.05, 3.63) is 41.4 Å². The summed E-state index contributed by atoms with van der Waals surface area (Å²) in [5.74, 6) is 1.14. The van der Waals surface area contributed by atoms with Crippen molar-refractivity contribution in [3.8, 4) is 5.75 Å². The smallest absolute Gasteiger partial charge is 0.238 e. The third-order valence-corrected chi connectivity index (χ3v) is 3.94. The van der Waals surface area contributed by atoms with Crippen LogP contribution in [0.3, 0.4) is 0 Å². The largest absolute Gasteiger partial charge is 0.484 e. The molecule has 0 saturated heterocycles. The molecule has 0 radical (unpaired) electrons. The molecular formula is C12H14ClN3O3S. The van der Waals surface area contributed by atoms with E-state index in [1.807, 2.05) is 17.7 Å². The highest BCUT2D eigenvalue weighted by atomic mass is 35.5.